The van der Waals surface area contributed by atoms with Gasteiger partial charge < -0.3 is 4.90 Å². The quantitative estimate of drug-likeness (QED) is 0.765. The van der Waals surface area contributed by atoms with Crippen molar-refractivity contribution in [2.24, 2.45) is 0 Å². The minimum absolute atomic E-state index is 0.512. The van der Waals surface area contributed by atoms with Crippen molar-refractivity contribution in [3.8, 4) is 6.07 Å². The Kier molecular flexibility index (Phi) is 4.21. The predicted molar refractivity (Wildman–Crippen MR) is 57.4 cm³/mol. The molecule has 0 unspecified atom stereocenters. The summed E-state index contributed by atoms with van der Waals surface area (Å²) in [5.41, 5.74) is 0. The van der Waals surface area contributed by atoms with Gasteiger partial charge in [-0.05, 0) is 19.1 Å². The molecule has 0 aromatic carbocycles. The number of rotatable bonds is 4. The number of anilines is 1. The number of hydrogen-bond acceptors (Lipinski definition) is 3. The van der Waals surface area contributed by atoms with Crippen LogP contribution in [0.25, 0.3) is 0 Å². The smallest absolute Gasteiger partial charge is 0.128 e. The molecule has 74 valence electrons. The van der Waals surface area contributed by atoms with E-state index in [4.69, 9.17) is 16.9 Å². The van der Waals surface area contributed by atoms with Gasteiger partial charge in [-0.15, -0.1) is 0 Å². The van der Waals surface area contributed by atoms with Crippen molar-refractivity contribution in [2.75, 3.05) is 18.0 Å². The molecule has 0 aliphatic heterocycles. The van der Waals surface area contributed by atoms with Crippen molar-refractivity contribution in [1.82, 2.24) is 4.98 Å². The van der Waals surface area contributed by atoms with Crippen molar-refractivity contribution in [3.05, 3.63) is 23.4 Å². The van der Waals surface area contributed by atoms with Gasteiger partial charge in [-0.1, -0.05) is 11.6 Å². The lowest BCUT2D eigenvalue weighted by atomic mass is 10.3. The van der Waals surface area contributed by atoms with Gasteiger partial charge in [-0.2, -0.15) is 5.26 Å². The summed E-state index contributed by atoms with van der Waals surface area (Å²) in [5, 5.41) is 9.11. The molecule has 1 heterocycles. The van der Waals surface area contributed by atoms with E-state index in [9.17, 15) is 0 Å². The van der Waals surface area contributed by atoms with Crippen LogP contribution < -0.4 is 4.90 Å². The van der Waals surface area contributed by atoms with E-state index in [1.54, 1.807) is 12.3 Å². The first-order valence-corrected chi connectivity index (χ1v) is 4.89. The van der Waals surface area contributed by atoms with Crippen molar-refractivity contribution in [3.63, 3.8) is 0 Å². The van der Waals surface area contributed by atoms with E-state index in [-0.39, 0.29) is 0 Å². The summed E-state index contributed by atoms with van der Waals surface area (Å²) in [6, 6.07) is 5.79. The maximum absolute atomic E-state index is 8.48. The first kappa shape index (κ1) is 10.8. The molecular formula is C10H12ClN3. The molecule has 0 aliphatic rings. The van der Waals surface area contributed by atoms with E-state index in [1.165, 1.54) is 0 Å². The van der Waals surface area contributed by atoms with Gasteiger partial charge in [0.1, 0.15) is 5.82 Å². The van der Waals surface area contributed by atoms with Gasteiger partial charge in [0.05, 0.1) is 17.5 Å². The molecule has 0 saturated carbocycles. The second kappa shape index (κ2) is 5.46. The van der Waals surface area contributed by atoms with E-state index in [0.29, 0.717) is 18.0 Å². The highest BCUT2D eigenvalue weighted by Gasteiger charge is 2.04. The minimum atomic E-state index is 0.512. The second-order valence-corrected chi connectivity index (χ2v) is 3.26. The molecule has 1 aromatic rings. The van der Waals surface area contributed by atoms with E-state index < -0.39 is 0 Å². The zero-order valence-corrected chi connectivity index (χ0v) is 8.83. The molecule has 1 aromatic heterocycles. The Morgan fingerprint density at radius 1 is 1.57 bits per heavy atom. The van der Waals surface area contributed by atoms with Crippen molar-refractivity contribution < 1.29 is 0 Å². The summed E-state index contributed by atoms with van der Waals surface area (Å²) in [5.74, 6) is 0.868. The third-order valence-electron chi connectivity index (χ3n) is 1.91. The average molecular weight is 210 g/mol. The average Bonchev–Trinajstić information content (AvgIpc) is 2.21. The molecular weight excluding hydrogens is 198 g/mol. The first-order valence-electron chi connectivity index (χ1n) is 4.51. The molecule has 3 nitrogen and oxygen atoms in total. The van der Waals surface area contributed by atoms with E-state index in [0.717, 1.165) is 12.4 Å². The third kappa shape index (κ3) is 2.90. The molecule has 0 saturated heterocycles. The lowest BCUT2D eigenvalue weighted by Gasteiger charge is -2.20. The van der Waals surface area contributed by atoms with Crippen LogP contribution >= 0.6 is 11.6 Å². The summed E-state index contributed by atoms with van der Waals surface area (Å²) < 4.78 is 0. The Labute approximate surface area is 88.9 Å². The summed E-state index contributed by atoms with van der Waals surface area (Å²) in [6.45, 7) is 3.59. The SMILES string of the molecule is CCN(CCC#N)c1ccc(Cl)cn1. The zero-order valence-electron chi connectivity index (χ0n) is 8.07. The van der Waals surface area contributed by atoms with Crippen molar-refractivity contribution in [1.29, 1.82) is 5.26 Å². The maximum Gasteiger partial charge on any atom is 0.128 e. The lowest BCUT2D eigenvalue weighted by Crippen LogP contribution is -2.24. The Morgan fingerprint density at radius 2 is 2.36 bits per heavy atom. The van der Waals surface area contributed by atoms with E-state index in [2.05, 4.69) is 11.1 Å². The summed E-state index contributed by atoms with van der Waals surface area (Å²) in [4.78, 5) is 6.23. The van der Waals surface area contributed by atoms with Gasteiger partial charge in [0.15, 0.2) is 0 Å². The van der Waals surface area contributed by atoms with Crippen LogP contribution in [0.15, 0.2) is 18.3 Å². The number of nitriles is 1. The van der Waals surface area contributed by atoms with Gasteiger partial charge in [-0.25, -0.2) is 4.98 Å². The van der Waals surface area contributed by atoms with Crippen LogP contribution in [0.3, 0.4) is 0 Å². The summed E-state index contributed by atoms with van der Waals surface area (Å²) in [6.07, 6.45) is 2.13. The van der Waals surface area contributed by atoms with Gasteiger partial charge in [-0.3, -0.25) is 0 Å². The molecule has 14 heavy (non-hydrogen) atoms. The molecule has 0 amide bonds. The standard InChI is InChI=1S/C10H12ClN3/c1-2-14(7-3-6-12)10-5-4-9(11)8-13-10/h4-5,8H,2-3,7H2,1H3. The van der Waals surface area contributed by atoms with E-state index >= 15 is 0 Å². The Morgan fingerprint density at radius 3 is 2.86 bits per heavy atom. The molecule has 0 spiro atoms. The summed E-state index contributed by atoms with van der Waals surface area (Å²) >= 11 is 5.73. The van der Waals surface area contributed by atoms with Crippen LogP contribution in [0, 0.1) is 11.3 Å². The Balaban J connectivity index is 2.69. The highest BCUT2D eigenvalue weighted by molar-refractivity contribution is 6.30. The predicted octanol–water partition coefficient (Wildman–Crippen LogP) is 2.47. The zero-order chi connectivity index (χ0) is 10.4. The molecule has 0 atom stereocenters. The fraction of sp³-hybridized carbons (Fsp3) is 0.400. The minimum Gasteiger partial charge on any atom is -0.356 e. The molecule has 0 N–H and O–H groups in total. The van der Waals surface area contributed by atoms with Crippen molar-refractivity contribution in [2.45, 2.75) is 13.3 Å². The number of aromatic nitrogens is 1. The molecule has 0 fully saturated rings. The molecule has 0 radical (unpaired) electrons. The molecule has 0 aliphatic carbocycles. The fourth-order valence-electron chi connectivity index (χ4n) is 1.17. The normalized spacial score (nSPS) is 9.50. The van der Waals surface area contributed by atoms with Crippen LogP contribution in [0.5, 0.6) is 0 Å². The van der Waals surface area contributed by atoms with Gasteiger partial charge in [0.2, 0.25) is 0 Å². The maximum atomic E-state index is 8.48. The third-order valence-corrected chi connectivity index (χ3v) is 2.13. The lowest BCUT2D eigenvalue weighted by molar-refractivity contribution is 0.811. The van der Waals surface area contributed by atoms with Crippen LogP contribution in [-0.4, -0.2) is 18.1 Å². The van der Waals surface area contributed by atoms with Crippen LogP contribution in [0.4, 0.5) is 5.82 Å². The Bertz CT molecular complexity index is 315. The van der Waals surface area contributed by atoms with Crippen molar-refractivity contribution >= 4 is 17.4 Å². The topological polar surface area (TPSA) is 39.9 Å². The largest absolute Gasteiger partial charge is 0.356 e. The van der Waals surface area contributed by atoms with Crippen LogP contribution in [0.1, 0.15) is 13.3 Å². The van der Waals surface area contributed by atoms with Gasteiger partial charge in [0, 0.05) is 19.3 Å². The van der Waals surface area contributed by atoms with Crippen LogP contribution in [0.2, 0.25) is 5.02 Å². The highest BCUT2D eigenvalue weighted by atomic mass is 35.5. The Hall–Kier alpha value is -1.27. The number of pyridine rings is 1. The number of halogens is 1. The van der Waals surface area contributed by atoms with Crippen LogP contribution in [-0.2, 0) is 0 Å². The monoisotopic (exact) mass is 209 g/mol. The molecule has 0 bridgehead atoms. The van der Waals surface area contributed by atoms with Gasteiger partial charge in [0.25, 0.3) is 0 Å². The molecule has 1 rings (SSSR count). The first-order chi connectivity index (χ1) is 6.77. The highest BCUT2D eigenvalue weighted by Crippen LogP contribution is 2.13. The second-order valence-electron chi connectivity index (χ2n) is 2.82. The molecule has 4 heteroatoms. The van der Waals surface area contributed by atoms with E-state index in [1.807, 2.05) is 17.9 Å². The number of nitrogens with zero attached hydrogens (tertiary/aromatic N) is 3. The number of hydrogen-bond donors (Lipinski definition) is 0. The summed E-state index contributed by atoms with van der Waals surface area (Å²) in [7, 11) is 0. The fourth-order valence-corrected chi connectivity index (χ4v) is 1.29. The van der Waals surface area contributed by atoms with Gasteiger partial charge >= 0.3 is 0 Å².